The molecule has 4 heterocycles. The number of nitrogens with one attached hydrogen (secondary N) is 1. The Bertz CT molecular complexity index is 1460. The zero-order valence-corrected chi connectivity index (χ0v) is 21.2. The van der Waals surface area contributed by atoms with Gasteiger partial charge in [0.25, 0.3) is 0 Å². The monoisotopic (exact) mass is 500 g/mol. The summed E-state index contributed by atoms with van der Waals surface area (Å²) < 4.78 is 17.4. The minimum Gasteiger partial charge on any atom is -0.486 e. The molecule has 0 spiro atoms. The number of aromatic amines is 1. The van der Waals surface area contributed by atoms with Crippen molar-refractivity contribution in [3.8, 4) is 17.1 Å². The molecule has 10 nitrogen and oxygen atoms in total. The van der Waals surface area contributed by atoms with Gasteiger partial charge in [0.2, 0.25) is 17.6 Å². The van der Waals surface area contributed by atoms with Crippen LogP contribution in [0, 0.1) is 6.92 Å². The molecule has 0 bridgehead atoms. The number of furan rings is 1. The molecule has 1 aliphatic heterocycles. The number of hydrogen-bond donors (Lipinski definition) is 1. The van der Waals surface area contributed by atoms with Crippen LogP contribution in [0.15, 0.2) is 51.0 Å². The number of fused-ring (bicyclic) bond motifs is 1. The molecule has 0 saturated carbocycles. The van der Waals surface area contributed by atoms with Gasteiger partial charge < -0.3 is 18.5 Å². The molecule has 0 radical (unpaired) electrons. The SMILES string of the molecule is CC(C)=C(C)c1nc(COc2cc3c(cc2-c2nn[nH]n2)CCN(C(=O)/C=C/c2ccco2)C3)c(C)o1. The summed E-state index contributed by atoms with van der Waals surface area (Å²) in [5.74, 6) is 2.88. The van der Waals surface area contributed by atoms with E-state index in [4.69, 9.17) is 13.6 Å². The first-order valence-corrected chi connectivity index (χ1v) is 12.0. The van der Waals surface area contributed by atoms with Gasteiger partial charge in [0.15, 0.2) is 0 Å². The summed E-state index contributed by atoms with van der Waals surface area (Å²) in [7, 11) is 0. The van der Waals surface area contributed by atoms with Gasteiger partial charge in [-0.3, -0.25) is 4.79 Å². The van der Waals surface area contributed by atoms with Crippen LogP contribution in [0.5, 0.6) is 5.75 Å². The van der Waals surface area contributed by atoms with Crippen molar-refractivity contribution in [3.05, 3.63) is 76.4 Å². The Morgan fingerprint density at radius 2 is 2.11 bits per heavy atom. The second-order valence-electron chi connectivity index (χ2n) is 9.15. The van der Waals surface area contributed by atoms with Crippen molar-refractivity contribution in [1.82, 2.24) is 30.5 Å². The van der Waals surface area contributed by atoms with Gasteiger partial charge in [-0.05, 0) is 80.8 Å². The highest BCUT2D eigenvalue weighted by Gasteiger charge is 2.24. The van der Waals surface area contributed by atoms with E-state index in [1.54, 1.807) is 29.4 Å². The van der Waals surface area contributed by atoms with Crippen molar-refractivity contribution >= 4 is 17.6 Å². The van der Waals surface area contributed by atoms with Crippen LogP contribution in [-0.4, -0.2) is 43.0 Å². The van der Waals surface area contributed by atoms with Crippen molar-refractivity contribution in [3.63, 3.8) is 0 Å². The molecule has 1 aliphatic rings. The number of ether oxygens (including phenoxy) is 1. The molecule has 0 atom stereocenters. The third-order valence-corrected chi connectivity index (χ3v) is 6.47. The third-order valence-electron chi connectivity index (χ3n) is 6.47. The zero-order chi connectivity index (χ0) is 25.9. The van der Waals surface area contributed by atoms with Gasteiger partial charge in [-0.15, -0.1) is 10.2 Å². The quantitative estimate of drug-likeness (QED) is 0.361. The normalized spacial score (nSPS) is 13.1. The molecular weight excluding hydrogens is 472 g/mol. The molecular formula is C27H28N6O4. The Morgan fingerprint density at radius 3 is 2.84 bits per heavy atom. The number of hydrogen-bond acceptors (Lipinski definition) is 8. The highest BCUT2D eigenvalue weighted by Crippen LogP contribution is 2.34. The Labute approximate surface area is 214 Å². The molecule has 0 saturated heterocycles. The van der Waals surface area contributed by atoms with Crippen molar-refractivity contribution < 1.29 is 18.4 Å². The lowest BCUT2D eigenvalue weighted by molar-refractivity contribution is -0.126. The number of H-pyrrole nitrogens is 1. The second-order valence-corrected chi connectivity index (χ2v) is 9.15. The van der Waals surface area contributed by atoms with Gasteiger partial charge in [0, 0.05) is 24.7 Å². The van der Waals surface area contributed by atoms with E-state index in [1.165, 1.54) is 6.08 Å². The first-order valence-electron chi connectivity index (χ1n) is 12.0. The summed E-state index contributed by atoms with van der Waals surface area (Å²) in [5.41, 5.74) is 5.71. The van der Waals surface area contributed by atoms with E-state index in [-0.39, 0.29) is 12.5 Å². The first-order chi connectivity index (χ1) is 17.9. The first kappa shape index (κ1) is 24.2. The fourth-order valence-corrected chi connectivity index (χ4v) is 4.07. The fourth-order valence-electron chi connectivity index (χ4n) is 4.07. The molecule has 1 amide bonds. The van der Waals surface area contributed by atoms with Gasteiger partial charge in [0.05, 0.1) is 11.8 Å². The molecule has 1 aromatic carbocycles. The number of benzene rings is 1. The average molecular weight is 501 g/mol. The highest BCUT2D eigenvalue weighted by atomic mass is 16.5. The maximum atomic E-state index is 12.8. The van der Waals surface area contributed by atoms with Crippen molar-refractivity contribution in [1.29, 1.82) is 0 Å². The van der Waals surface area contributed by atoms with Crippen LogP contribution >= 0.6 is 0 Å². The number of tetrazole rings is 1. The van der Waals surface area contributed by atoms with E-state index in [0.29, 0.717) is 54.2 Å². The van der Waals surface area contributed by atoms with Crippen LogP contribution in [0.2, 0.25) is 0 Å². The summed E-state index contributed by atoms with van der Waals surface area (Å²) in [4.78, 5) is 19.2. The van der Waals surface area contributed by atoms with E-state index in [9.17, 15) is 4.79 Å². The van der Waals surface area contributed by atoms with Crippen LogP contribution in [0.3, 0.4) is 0 Å². The lowest BCUT2D eigenvalue weighted by Gasteiger charge is -2.29. The highest BCUT2D eigenvalue weighted by molar-refractivity contribution is 5.91. The number of aryl methyl sites for hydroxylation is 1. The van der Waals surface area contributed by atoms with E-state index >= 15 is 0 Å². The van der Waals surface area contributed by atoms with Crippen molar-refractivity contribution in [2.75, 3.05) is 6.54 Å². The maximum Gasteiger partial charge on any atom is 0.246 e. The standard InChI is InChI=1S/C27H28N6O4/c1-16(2)17(3)27-28-23(18(4)37-27)15-36-24-13-20-14-33(25(34)8-7-21-6-5-11-35-21)10-9-19(20)12-22(24)26-29-31-32-30-26/h5-8,11-13H,9-10,14-15H2,1-4H3,(H,29,30,31,32)/b8-7+. The van der Waals surface area contributed by atoms with Crippen LogP contribution in [0.1, 0.15) is 55.0 Å². The molecule has 190 valence electrons. The Balaban J connectivity index is 1.39. The molecule has 37 heavy (non-hydrogen) atoms. The van der Waals surface area contributed by atoms with Gasteiger partial charge in [0.1, 0.15) is 29.6 Å². The number of carbonyl (C=O) groups is 1. The van der Waals surface area contributed by atoms with Gasteiger partial charge >= 0.3 is 0 Å². The minimum absolute atomic E-state index is 0.0767. The van der Waals surface area contributed by atoms with Crippen LogP contribution in [0.25, 0.3) is 23.0 Å². The predicted molar refractivity (Wildman–Crippen MR) is 136 cm³/mol. The fraction of sp³-hybridized carbons (Fsp3) is 0.296. The third kappa shape index (κ3) is 5.23. The second kappa shape index (κ2) is 10.3. The number of oxazole rings is 1. The number of rotatable bonds is 7. The summed E-state index contributed by atoms with van der Waals surface area (Å²) >= 11 is 0. The number of nitrogens with zero attached hydrogens (tertiary/aromatic N) is 5. The minimum atomic E-state index is -0.0767. The molecule has 0 unspecified atom stereocenters. The molecule has 10 heteroatoms. The van der Waals surface area contributed by atoms with Crippen LogP contribution < -0.4 is 4.74 Å². The van der Waals surface area contributed by atoms with E-state index < -0.39 is 0 Å². The lowest BCUT2D eigenvalue weighted by Crippen LogP contribution is -2.34. The molecule has 4 aromatic rings. The number of allylic oxidation sites excluding steroid dienone is 2. The van der Waals surface area contributed by atoms with Gasteiger partial charge in [-0.1, -0.05) is 5.57 Å². The smallest absolute Gasteiger partial charge is 0.246 e. The molecule has 0 fully saturated rings. The largest absolute Gasteiger partial charge is 0.486 e. The number of carbonyl (C=O) groups excluding carboxylic acids is 1. The Hall–Kier alpha value is -4.47. The zero-order valence-electron chi connectivity index (χ0n) is 21.2. The molecule has 3 aromatic heterocycles. The molecule has 0 aliphatic carbocycles. The molecule has 5 rings (SSSR count). The maximum absolute atomic E-state index is 12.8. The van der Waals surface area contributed by atoms with Crippen LogP contribution in [-0.2, 0) is 24.4 Å². The summed E-state index contributed by atoms with van der Waals surface area (Å²) in [5, 5.41) is 14.5. The van der Waals surface area contributed by atoms with Crippen molar-refractivity contribution in [2.24, 2.45) is 0 Å². The number of amides is 1. The summed E-state index contributed by atoms with van der Waals surface area (Å²) in [6.07, 6.45) is 5.49. The van der Waals surface area contributed by atoms with Gasteiger partial charge in [-0.25, -0.2) is 4.98 Å². The van der Waals surface area contributed by atoms with E-state index in [2.05, 4.69) is 25.6 Å². The van der Waals surface area contributed by atoms with Crippen LogP contribution in [0.4, 0.5) is 0 Å². The van der Waals surface area contributed by atoms with E-state index in [0.717, 1.165) is 27.8 Å². The Morgan fingerprint density at radius 1 is 1.24 bits per heavy atom. The summed E-state index contributed by atoms with van der Waals surface area (Å²) in [6, 6.07) is 7.56. The molecule has 1 N–H and O–H groups in total. The van der Waals surface area contributed by atoms with E-state index in [1.807, 2.05) is 39.8 Å². The van der Waals surface area contributed by atoms with Gasteiger partial charge in [-0.2, -0.15) is 5.21 Å². The summed E-state index contributed by atoms with van der Waals surface area (Å²) in [6.45, 7) is 9.19. The lowest BCUT2D eigenvalue weighted by atomic mass is 9.96. The number of aromatic nitrogens is 5. The van der Waals surface area contributed by atoms with Crippen molar-refractivity contribution in [2.45, 2.75) is 47.3 Å². The Kier molecular flexibility index (Phi) is 6.72. The topological polar surface area (TPSA) is 123 Å². The average Bonchev–Trinajstić information content (AvgIpc) is 3.67. The predicted octanol–water partition coefficient (Wildman–Crippen LogP) is 4.75.